The van der Waals surface area contributed by atoms with Crippen LogP contribution in [0.25, 0.3) is 0 Å². The maximum absolute atomic E-state index is 10.1. The molecule has 0 bridgehead atoms. The van der Waals surface area contributed by atoms with Crippen LogP contribution in [0.3, 0.4) is 0 Å². The molecule has 1 aliphatic rings. The van der Waals surface area contributed by atoms with E-state index < -0.39 is 0 Å². The van der Waals surface area contributed by atoms with Gasteiger partial charge in [-0.3, -0.25) is 4.79 Å². The lowest BCUT2D eigenvalue weighted by Crippen LogP contribution is -2.30. The van der Waals surface area contributed by atoms with Crippen molar-refractivity contribution in [1.29, 1.82) is 0 Å². The van der Waals surface area contributed by atoms with Gasteiger partial charge in [-0.05, 0) is 32.7 Å². The Kier molecular flexibility index (Phi) is 3.53. The lowest BCUT2D eigenvalue weighted by atomic mass is 10.1. The first kappa shape index (κ1) is 9.52. The first-order valence-corrected chi connectivity index (χ1v) is 4.65. The maximum atomic E-state index is 10.1. The smallest absolute Gasteiger partial charge is 0.207 e. The van der Waals surface area contributed by atoms with Gasteiger partial charge in [-0.25, -0.2) is 0 Å². The van der Waals surface area contributed by atoms with Crippen LogP contribution < -0.4 is 5.32 Å². The van der Waals surface area contributed by atoms with Crippen LogP contribution >= 0.6 is 0 Å². The van der Waals surface area contributed by atoms with Crippen LogP contribution in [-0.4, -0.2) is 37.0 Å². The van der Waals surface area contributed by atoms with Crippen molar-refractivity contribution in [2.45, 2.75) is 26.3 Å². The highest BCUT2D eigenvalue weighted by molar-refractivity contribution is 5.45. The van der Waals surface area contributed by atoms with Gasteiger partial charge in [0, 0.05) is 19.1 Å². The van der Waals surface area contributed by atoms with E-state index in [1.54, 1.807) is 0 Å². The number of nitrogens with zero attached hydrogens (tertiary/aromatic N) is 1. The Balaban J connectivity index is 2.21. The summed E-state index contributed by atoms with van der Waals surface area (Å²) in [6.45, 7) is 7.60. The Bertz CT molecular complexity index is 147. The minimum absolute atomic E-state index is 0.645. The van der Waals surface area contributed by atoms with E-state index in [4.69, 9.17) is 0 Å². The molecule has 3 heteroatoms. The lowest BCUT2D eigenvalue weighted by molar-refractivity contribution is -0.109. The molecule has 70 valence electrons. The molecule has 0 radical (unpaired) electrons. The highest BCUT2D eigenvalue weighted by atomic mass is 16.1. The number of carbonyl (C=O) groups excluding carboxylic acids is 1. The minimum atomic E-state index is 0.645. The van der Waals surface area contributed by atoms with Crippen molar-refractivity contribution in [2.24, 2.45) is 5.92 Å². The van der Waals surface area contributed by atoms with Gasteiger partial charge in [0.15, 0.2) is 0 Å². The number of hydrogen-bond acceptors (Lipinski definition) is 2. The van der Waals surface area contributed by atoms with Crippen molar-refractivity contribution in [3.8, 4) is 0 Å². The Morgan fingerprint density at radius 1 is 1.67 bits per heavy atom. The molecule has 0 aliphatic carbocycles. The third-order valence-corrected chi connectivity index (χ3v) is 2.54. The molecule has 1 atom stereocenters. The fraction of sp³-hybridized carbons (Fsp3) is 0.889. The summed E-state index contributed by atoms with van der Waals surface area (Å²) in [5.74, 6) is 0.664. The maximum Gasteiger partial charge on any atom is 0.207 e. The Hall–Kier alpha value is -0.570. The van der Waals surface area contributed by atoms with Crippen LogP contribution in [0.4, 0.5) is 0 Å². The Morgan fingerprint density at radius 2 is 2.42 bits per heavy atom. The predicted octanol–water partition coefficient (Wildman–Crippen LogP) is 0.463. The second-order valence-corrected chi connectivity index (χ2v) is 3.77. The molecule has 0 spiro atoms. The van der Waals surface area contributed by atoms with Crippen LogP contribution in [0.15, 0.2) is 0 Å². The van der Waals surface area contributed by atoms with Gasteiger partial charge < -0.3 is 10.2 Å². The van der Waals surface area contributed by atoms with Gasteiger partial charge in [0.25, 0.3) is 0 Å². The largest absolute Gasteiger partial charge is 0.358 e. The average molecular weight is 170 g/mol. The van der Waals surface area contributed by atoms with Crippen molar-refractivity contribution >= 4 is 6.41 Å². The summed E-state index contributed by atoms with van der Waals surface area (Å²) in [5, 5.41) is 2.74. The van der Waals surface area contributed by atoms with E-state index in [9.17, 15) is 4.79 Å². The van der Waals surface area contributed by atoms with Crippen LogP contribution in [0.2, 0.25) is 0 Å². The summed E-state index contributed by atoms with van der Waals surface area (Å²) in [6, 6.07) is 0.645. The van der Waals surface area contributed by atoms with Crippen molar-refractivity contribution in [2.75, 3.05) is 19.6 Å². The van der Waals surface area contributed by atoms with Crippen LogP contribution in [0, 0.1) is 5.92 Å². The number of carbonyl (C=O) groups is 1. The van der Waals surface area contributed by atoms with Crippen LogP contribution in [0.5, 0.6) is 0 Å². The molecule has 1 fully saturated rings. The SMILES string of the molecule is CC(C)N1CCC(CNC=O)C1. The standard InChI is InChI=1S/C9H18N2O/c1-8(2)11-4-3-9(6-11)5-10-7-12/h7-9H,3-6H2,1-2H3,(H,10,12). The molecule has 1 heterocycles. The number of rotatable bonds is 4. The molecular formula is C9H18N2O. The van der Waals surface area contributed by atoms with Crippen molar-refractivity contribution in [3.63, 3.8) is 0 Å². The fourth-order valence-electron chi connectivity index (χ4n) is 1.71. The zero-order valence-electron chi connectivity index (χ0n) is 7.92. The monoisotopic (exact) mass is 170 g/mol. The highest BCUT2D eigenvalue weighted by Gasteiger charge is 2.23. The second kappa shape index (κ2) is 4.45. The first-order chi connectivity index (χ1) is 5.74. The van der Waals surface area contributed by atoms with Gasteiger partial charge in [0.1, 0.15) is 0 Å². The summed E-state index contributed by atoms with van der Waals surface area (Å²) in [7, 11) is 0. The molecule has 1 aliphatic heterocycles. The van der Waals surface area contributed by atoms with Gasteiger partial charge in [-0.1, -0.05) is 0 Å². The third kappa shape index (κ3) is 2.48. The molecule has 1 amide bonds. The molecule has 1 saturated heterocycles. The molecule has 3 nitrogen and oxygen atoms in total. The van der Waals surface area contributed by atoms with Crippen LogP contribution in [0.1, 0.15) is 20.3 Å². The van der Waals surface area contributed by atoms with Crippen molar-refractivity contribution < 1.29 is 4.79 Å². The zero-order valence-corrected chi connectivity index (χ0v) is 7.92. The molecule has 12 heavy (non-hydrogen) atoms. The molecule has 1 rings (SSSR count). The van der Waals surface area contributed by atoms with E-state index in [0.29, 0.717) is 12.0 Å². The molecule has 1 unspecified atom stereocenters. The van der Waals surface area contributed by atoms with Gasteiger partial charge in [0.05, 0.1) is 0 Å². The third-order valence-electron chi connectivity index (χ3n) is 2.54. The Morgan fingerprint density at radius 3 is 2.92 bits per heavy atom. The average Bonchev–Trinajstić information content (AvgIpc) is 2.48. The van der Waals surface area contributed by atoms with E-state index in [1.165, 1.54) is 13.0 Å². The van der Waals surface area contributed by atoms with Crippen molar-refractivity contribution in [3.05, 3.63) is 0 Å². The van der Waals surface area contributed by atoms with Crippen LogP contribution in [-0.2, 0) is 4.79 Å². The fourth-order valence-corrected chi connectivity index (χ4v) is 1.71. The number of likely N-dealkylation sites (tertiary alicyclic amines) is 1. The first-order valence-electron chi connectivity index (χ1n) is 4.65. The molecule has 0 aromatic rings. The van der Waals surface area contributed by atoms with Gasteiger partial charge in [-0.2, -0.15) is 0 Å². The highest BCUT2D eigenvalue weighted by Crippen LogP contribution is 2.17. The number of nitrogens with one attached hydrogen (secondary N) is 1. The van der Waals surface area contributed by atoms with E-state index in [1.807, 2.05) is 0 Å². The topological polar surface area (TPSA) is 32.3 Å². The summed E-state index contributed by atoms with van der Waals surface area (Å²) in [6.07, 6.45) is 2.01. The molecule has 1 N–H and O–H groups in total. The predicted molar refractivity (Wildman–Crippen MR) is 48.9 cm³/mol. The Labute approximate surface area is 74.1 Å². The van der Waals surface area contributed by atoms with E-state index >= 15 is 0 Å². The quantitative estimate of drug-likeness (QED) is 0.622. The normalized spacial score (nSPS) is 24.8. The lowest BCUT2D eigenvalue weighted by Gasteiger charge is -2.19. The summed E-state index contributed by atoms with van der Waals surface area (Å²) < 4.78 is 0. The van der Waals surface area contributed by atoms with E-state index in [2.05, 4.69) is 24.1 Å². The number of amides is 1. The summed E-state index contributed by atoms with van der Waals surface area (Å²) in [5.41, 5.74) is 0. The van der Waals surface area contributed by atoms with Gasteiger partial charge >= 0.3 is 0 Å². The molecule has 0 aromatic carbocycles. The second-order valence-electron chi connectivity index (χ2n) is 3.77. The summed E-state index contributed by atoms with van der Waals surface area (Å²) in [4.78, 5) is 12.5. The van der Waals surface area contributed by atoms with Gasteiger partial charge in [-0.15, -0.1) is 0 Å². The molecule has 0 saturated carbocycles. The van der Waals surface area contributed by atoms with E-state index in [-0.39, 0.29) is 0 Å². The summed E-state index contributed by atoms with van der Waals surface area (Å²) >= 11 is 0. The van der Waals surface area contributed by atoms with E-state index in [0.717, 1.165) is 19.5 Å². The minimum Gasteiger partial charge on any atom is -0.358 e. The molecule has 0 aromatic heterocycles. The van der Waals surface area contributed by atoms with Gasteiger partial charge in [0.2, 0.25) is 6.41 Å². The zero-order chi connectivity index (χ0) is 8.97. The van der Waals surface area contributed by atoms with Crippen molar-refractivity contribution in [1.82, 2.24) is 10.2 Å². The number of hydrogen-bond donors (Lipinski definition) is 1. The molecular weight excluding hydrogens is 152 g/mol.